The Morgan fingerprint density at radius 1 is 0.458 bits per heavy atom. The fraction of sp³-hybridized carbons (Fsp3) is 0. The Balaban J connectivity index is 1.14. The molecule has 2 aliphatic rings. The molecule has 2 aromatic heterocycles. The minimum absolute atomic E-state index is 0.0940. The van der Waals surface area contributed by atoms with Crippen LogP contribution in [0.2, 0.25) is 0 Å². The van der Waals surface area contributed by atoms with Gasteiger partial charge < -0.3 is 13.6 Å². The lowest BCUT2D eigenvalue weighted by atomic mass is 9.58. The molecular weight excluding hydrogens is 771 g/mol. The lowest BCUT2D eigenvalue weighted by molar-refractivity contribution is 0.604. The summed E-state index contributed by atoms with van der Waals surface area (Å²) < 4.78 is 15.6. The van der Waals surface area contributed by atoms with Gasteiger partial charge in [0.25, 0.3) is 0 Å². The zero-order valence-electron chi connectivity index (χ0n) is 31.0. The van der Waals surface area contributed by atoms with E-state index in [0.29, 0.717) is 86.9 Å². The van der Waals surface area contributed by atoms with E-state index in [1.54, 1.807) is 0 Å². The number of nitrogens with zero attached hydrogens (tertiary/aromatic N) is 1. The SMILES string of the molecule is [B]c1c([B])c([B])c2c(oc3c([B])c(-c4ccc(-c5c([B])c([B])c6c(c5[B])c5c([B])c(Br)c([B])c7c5n6-c5cccc6c5B(O7)c5ccccc5-6)cc4)c([B])c([B])c32)c1[B]. The summed E-state index contributed by atoms with van der Waals surface area (Å²) in [4.78, 5) is 0. The highest BCUT2D eigenvalue weighted by Gasteiger charge is 2.42. The minimum Gasteiger partial charge on any atom is -0.550 e. The third-order valence-corrected chi connectivity index (χ3v) is 13.0. The van der Waals surface area contributed by atoms with E-state index >= 15 is 0 Å². The van der Waals surface area contributed by atoms with Crippen LogP contribution in [-0.2, 0) is 0 Å². The van der Waals surface area contributed by atoms with Crippen molar-refractivity contribution in [3.63, 3.8) is 0 Å². The molecule has 4 heterocycles. The third-order valence-electron chi connectivity index (χ3n) is 12.2. The van der Waals surface area contributed by atoms with Gasteiger partial charge in [0.2, 0.25) is 0 Å². The molecule has 0 bridgehead atoms. The maximum atomic E-state index is 7.24. The van der Waals surface area contributed by atoms with Crippen LogP contribution >= 0.6 is 15.9 Å². The van der Waals surface area contributed by atoms with Crippen molar-refractivity contribution >= 4 is 237 Å². The van der Waals surface area contributed by atoms with Crippen molar-refractivity contribution in [2.45, 2.75) is 0 Å². The van der Waals surface area contributed by atoms with E-state index in [1.807, 2.05) is 53.1 Å². The second-order valence-corrected chi connectivity index (χ2v) is 15.8. The van der Waals surface area contributed by atoms with E-state index in [2.05, 4.69) is 34.1 Å². The number of halogens is 1. The third kappa shape index (κ3) is 4.61. The van der Waals surface area contributed by atoms with E-state index in [9.17, 15) is 0 Å². The van der Waals surface area contributed by atoms with Crippen molar-refractivity contribution in [3.05, 3.63) is 71.2 Å². The summed E-state index contributed by atoms with van der Waals surface area (Å²) in [6, 6.07) is 21.6. The molecule has 0 fully saturated rings. The molecule has 0 N–H and O–H groups in total. The van der Waals surface area contributed by atoms with E-state index < -0.39 is 6.92 Å². The van der Waals surface area contributed by atoms with Crippen LogP contribution in [0.5, 0.6) is 5.75 Å². The molecule has 0 unspecified atom stereocenters. The zero-order valence-corrected chi connectivity index (χ0v) is 32.6. The molecule has 24 radical (unpaired) electrons. The fourth-order valence-electron chi connectivity index (χ4n) is 9.39. The van der Waals surface area contributed by atoms with Crippen LogP contribution in [0.4, 0.5) is 0 Å². The number of fused-ring (bicyclic) bond motifs is 10. The molecule has 0 saturated heterocycles. The number of aromatic nitrogens is 1. The molecule has 0 atom stereocenters. The first-order chi connectivity index (χ1) is 28.2. The van der Waals surface area contributed by atoms with Crippen molar-refractivity contribution in [2.24, 2.45) is 0 Å². The number of benzene rings is 7. The van der Waals surface area contributed by atoms with Gasteiger partial charge in [-0.2, -0.15) is 0 Å². The maximum Gasteiger partial charge on any atom is 0.429 e. The highest BCUT2D eigenvalue weighted by Crippen LogP contribution is 2.40. The highest BCUT2D eigenvalue weighted by atomic mass is 79.9. The van der Waals surface area contributed by atoms with Crippen molar-refractivity contribution in [2.75, 3.05) is 0 Å². The van der Waals surface area contributed by atoms with Crippen LogP contribution in [-0.4, -0.2) is 106 Å². The van der Waals surface area contributed by atoms with E-state index in [0.717, 1.165) is 27.7 Å². The Morgan fingerprint density at radius 3 is 1.71 bits per heavy atom. The molecule has 0 aliphatic carbocycles. The monoisotopic (exact) mass is 783 g/mol. The molecule has 11 rings (SSSR count). The van der Waals surface area contributed by atoms with Crippen LogP contribution < -0.4 is 81.1 Å². The number of rotatable bonds is 2. The normalized spacial score (nSPS) is 12.7. The summed E-state index contributed by atoms with van der Waals surface area (Å²) in [5, 5.41) is 1.97. The predicted octanol–water partition coefficient (Wildman–Crippen LogP) is -4.22. The van der Waals surface area contributed by atoms with Crippen LogP contribution in [0.15, 0.2) is 75.6 Å². The van der Waals surface area contributed by atoms with Gasteiger partial charge in [-0.15, -0.1) is 10.9 Å². The Kier molecular flexibility index (Phi) is 7.99. The fourth-order valence-corrected chi connectivity index (χ4v) is 9.77. The Morgan fingerprint density at radius 2 is 1.02 bits per heavy atom. The molecule has 0 saturated carbocycles. The quantitative estimate of drug-likeness (QED) is 0.167. The molecule has 7 aromatic carbocycles. The average Bonchev–Trinajstić information content (AvgIpc) is 3.88. The summed E-state index contributed by atoms with van der Waals surface area (Å²) in [5.41, 5.74) is 11.5. The first-order valence-electron chi connectivity index (χ1n) is 18.4. The summed E-state index contributed by atoms with van der Waals surface area (Å²) >= 11 is 3.67. The van der Waals surface area contributed by atoms with Gasteiger partial charge in [0.15, 0.2) is 0 Å². The summed E-state index contributed by atoms with van der Waals surface area (Å²) in [6.07, 6.45) is 0. The van der Waals surface area contributed by atoms with Crippen molar-refractivity contribution in [1.29, 1.82) is 0 Å². The average molecular weight is 782 g/mol. The topological polar surface area (TPSA) is 27.3 Å². The van der Waals surface area contributed by atoms with Gasteiger partial charge in [-0.1, -0.05) is 120 Å². The van der Waals surface area contributed by atoms with Gasteiger partial charge in [-0.05, 0) is 55.8 Å². The Hall–Kier alpha value is -4.74. The van der Waals surface area contributed by atoms with Gasteiger partial charge in [0, 0.05) is 42.7 Å². The lowest BCUT2D eigenvalue weighted by Gasteiger charge is -2.21. The van der Waals surface area contributed by atoms with Crippen LogP contribution in [0.3, 0.4) is 0 Å². The molecule has 0 amide bonds. The van der Waals surface area contributed by atoms with E-state index in [1.165, 1.54) is 0 Å². The Labute approximate surface area is 364 Å². The van der Waals surface area contributed by atoms with Gasteiger partial charge in [0.1, 0.15) is 111 Å². The minimum atomic E-state index is -0.443. The predicted molar refractivity (Wildman–Crippen MR) is 262 cm³/mol. The highest BCUT2D eigenvalue weighted by molar-refractivity contribution is 9.10. The van der Waals surface area contributed by atoms with E-state index in [-0.39, 0.29) is 54.9 Å². The van der Waals surface area contributed by atoms with Crippen LogP contribution in [0.1, 0.15) is 0 Å². The zero-order chi connectivity index (χ0) is 41.2. The van der Waals surface area contributed by atoms with Gasteiger partial charge >= 0.3 is 6.92 Å². The smallest absolute Gasteiger partial charge is 0.429 e. The van der Waals surface area contributed by atoms with Crippen LogP contribution in [0, 0.1) is 0 Å². The number of hydrogen-bond donors (Lipinski definition) is 0. The largest absolute Gasteiger partial charge is 0.550 e. The van der Waals surface area contributed by atoms with Gasteiger partial charge in [-0.25, -0.2) is 0 Å². The van der Waals surface area contributed by atoms with Gasteiger partial charge in [-0.3, -0.25) is 0 Å². The number of furan rings is 1. The molecular formula is C42H11B13BrNO2. The molecule has 59 heavy (non-hydrogen) atoms. The van der Waals surface area contributed by atoms with Gasteiger partial charge in [0.05, 0.1) is 5.52 Å². The standard InChI is InChI=1S/C42H11B13BrNO2/c43-24-18(12-8-10-13(11-9-12)19-25(44)27(46)22-23-28(47)31(50)32(51)34(53)41(23)58-40(22)30(19)49)26(45)33(52)38-20(24)21-29(48)37(56)35(54)42-39(21)57(38)17-7-3-5-15-14-4-1-2-6-16(14)55(59-42)36(15)17/h1-11H. The van der Waals surface area contributed by atoms with E-state index in [4.69, 9.17) is 103 Å². The second kappa shape index (κ2) is 12.6. The summed E-state index contributed by atoms with van der Waals surface area (Å²) in [7, 11) is 80.3. The summed E-state index contributed by atoms with van der Waals surface area (Å²) in [5.74, 6) is 0.442. The first kappa shape index (κ1) is 37.3. The lowest BCUT2D eigenvalue weighted by Crippen LogP contribution is -2.47. The molecule has 9 aromatic rings. The molecule has 2 aliphatic heterocycles. The molecule has 17 heteroatoms. The molecule has 242 valence electrons. The number of hydrogen-bond acceptors (Lipinski definition) is 2. The van der Waals surface area contributed by atoms with Crippen molar-refractivity contribution < 1.29 is 9.07 Å². The van der Waals surface area contributed by atoms with Crippen LogP contribution in [0.25, 0.3) is 82.8 Å². The Bertz CT molecular complexity index is 3470. The van der Waals surface area contributed by atoms with Crippen molar-refractivity contribution in [1.82, 2.24) is 4.57 Å². The first-order valence-corrected chi connectivity index (χ1v) is 19.2. The molecule has 3 nitrogen and oxygen atoms in total. The molecule has 0 spiro atoms. The summed E-state index contributed by atoms with van der Waals surface area (Å²) in [6.45, 7) is -0.443. The maximum absolute atomic E-state index is 7.24. The second-order valence-electron chi connectivity index (χ2n) is 15.1. The van der Waals surface area contributed by atoms with Crippen molar-refractivity contribution in [3.8, 4) is 44.8 Å².